The predicted molar refractivity (Wildman–Crippen MR) is 180 cm³/mol. The van der Waals surface area contributed by atoms with Gasteiger partial charge in [0.05, 0.1) is 44.8 Å². The van der Waals surface area contributed by atoms with Crippen molar-refractivity contribution < 1.29 is 17.6 Å². The second-order valence-corrected chi connectivity index (χ2v) is 11.3. The van der Waals surface area contributed by atoms with Crippen molar-refractivity contribution >= 4 is 22.1 Å². The van der Waals surface area contributed by atoms with Crippen molar-refractivity contribution in [2.75, 3.05) is 0 Å². The molecule has 0 spiro atoms. The van der Waals surface area contributed by atoms with Gasteiger partial charge in [-0.05, 0) is 83.9 Å². The molecule has 0 saturated carbocycles. The van der Waals surface area contributed by atoms with Gasteiger partial charge in [-0.2, -0.15) is 0 Å². The first-order chi connectivity index (χ1) is 23.4. The van der Waals surface area contributed by atoms with Crippen molar-refractivity contribution in [3.8, 4) is 56.2 Å². The van der Waals surface area contributed by atoms with Crippen LogP contribution in [0.2, 0.25) is 0 Å². The Bertz CT molecular complexity index is 2360. The van der Waals surface area contributed by atoms with E-state index in [2.05, 4.69) is 0 Å². The summed E-state index contributed by atoms with van der Waals surface area (Å²) in [5.74, 6) is -1.69. The molecule has 8 aromatic rings. The summed E-state index contributed by atoms with van der Waals surface area (Å²) in [6, 6.07) is 35.5. The Hall–Kier alpha value is -6.28. The van der Waals surface area contributed by atoms with Crippen LogP contribution in [0.5, 0.6) is 0 Å². The molecule has 0 radical (unpaired) electrons. The average molecular weight is 635 g/mol. The number of hydrogen-bond acceptors (Lipinski definition) is 4. The monoisotopic (exact) mass is 634 g/mol. The maximum Gasteiger partial charge on any atom is 0.123 e. The van der Waals surface area contributed by atoms with Crippen LogP contribution in [0.3, 0.4) is 0 Å². The first kappa shape index (κ1) is 29.1. The maximum absolute atomic E-state index is 14.3. The summed E-state index contributed by atoms with van der Waals surface area (Å²) in [5.41, 5.74) is 7.64. The van der Waals surface area contributed by atoms with E-state index in [1.165, 1.54) is 48.5 Å². The van der Waals surface area contributed by atoms with Gasteiger partial charge in [-0.25, -0.2) is 37.5 Å². The largest absolute Gasteiger partial charge is 0.244 e. The zero-order chi connectivity index (χ0) is 32.8. The van der Waals surface area contributed by atoms with Crippen LogP contribution in [0.1, 0.15) is 0 Å². The van der Waals surface area contributed by atoms with E-state index in [1.807, 2.05) is 36.4 Å². The highest BCUT2D eigenvalue weighted by Crippen LogP contribution is 2.35. The summed E-state index contributed by atoms with van der Waals surface area (Å²) < 4.78 is 57.1. The fourth-order valence-corrected chi connectivity index (χ4v) is 5.82. The molecule has 6 aromatic carbocycles. The van der Waals surface area contributed by atoms with Gasteiger partial charge in [0.15, 0.2) is 0 Å². The molecule has 8 rings (SSSR count). The molecule has 0 aliphatic rings. The Balaban J connectivity index is 1.28. The third-order valence-corrected chi connectivity index (χ3v) is 8.05. The van der Waals surface area contributed by atoms with Crippen LogP contribution >= 0.6 is 0 Å². The van der Waals surface area contributed by atoms with Gasteiger partial charge in [0.1, 0.15) is 23.3 Å². The van der Waals surface area contributed by atoms with Crippen molar-refractivity contribution in [2.45, 2.75) is 0 Å². The molecule has 0 atom stereocenters. The lowest BCUT2D eigenvalue weighted by molar-refractivity contribution is 0.627. The van der Waals surface area contributed by atoms with Crippen molar-refractivity contribution in [3.05, 3.63) is 157 Å². The smallest absolute Gasteiger partial charge is 0.123 e. The highest BCUT2D eigenvalue weighted by molar-refractivity contribution is 5.92. The van der Waals surface area contributed by atoms with Crippen LogP contribution in [-0.2, 0) is 0 Å². The number of benzene rings is 6. The Morgan fingerprint density at radius 3 is 0.854 bits per heavy atom. The van der Waals surface area contributed by atoms with E-state index in [1.54, 1.807) is 48.5 Å². The first-order valence-corrected chi connectivity index (χ1v) is 15.1. The molecule has 0 aliphatic heterocycles. The van der Waals surface area contributed by atoms with Crippen LogP contribution < -0.4 is 0 Å². The van der Waals surface area contributed by atoms with E-state index in [0.29, 0.717) is 67.1 Å². The molecule has 0 bridgehead atoms. The molecule has 0 fully saturated rings. The third-order valence-electron chi connectivity index (χ3n) is 8.05. The lowest BCUT2D eigenvalue weighted by Crippen LogP contribution is -1.97. The van der Waals surface area contributed by atoms with Gasteiger partial charge < -0.3 is 0 Å². The van der Waals surface area contributed by atoms with Gasteiger partial charge >= 0.3 is 0 Å². The summed E-state index contributed by atoms with van der Waals surface area (Å²) in [7, 11) is 0. The minimum atomic E-state index is -0.427. The van der Waals surface area contributed by atoms with Gasteiger partial charge in [-0.15, -0.1) is 0 Å². The Morgan fingerprint density at radius 2 is 0.562 bits per heavy atom. The van der Waals surface area contributed by atoms with E-state index >= 15 is 0 Å². The quantitative estimate of drug-likeness (QED) is 0.177. The van der Waals surface area contributed by atoms with Crippen LogP contribution in [0.25, 0.3) is 78.2 Å². The van der Waals surface area contributed by atoms with Gasteiger partial charge in [-0.1, -0.05) is 60.7 Å². The summed E-state index contributed by atoms with van der Waals surface area (Å²) in [4.78, 5) is 19.5. The lowest BCUT2D eigenvalue weighted by Gasteiger charge is -2.13. The van der Waals surface area contributed by atoms with Crippen molar-refractivity contribution in [2.24, 2.45) is 0 Å². The normalized spacial score (nSPS) is 11.3. The van der Waals surface area contributed by atoms with E-state index in [9.17, 15) is 17.6 Å². The zero-order valence-electron chi connectivity index (χ0n) is 25.0. The standard InChI is InChI=1S/C40H22F4N4/c41-29-9-1-5-25(17-29)37-39(27-7-3-11-31(43)19-27)47-35-21-23(13-15-33(35)45-37)24-14-16-34-36(22-24)48-40(28-8-4-12-32(44)20-28)38(46-34)26-6-2-10-30(42)18-26/h1-22H. The van der Waals surface area contributed by atoms with Crippen molar-refractivity contribution in [1.29, 1.82) is 0 Å². The minimum absolute atomic E-state index is 0.416. The number of rotatable bonds is 5. The molecule has 48 heavy (non-hydrogen) atoms. The molecule has 2 aromatic heterocycles. The van der Waals surface area contributed by atoms with E-state index in [-0.39, 0.29) is 0 Å². The average Bonchev–Trinajstić information content (AvgIpc) is 3.10. The number of nitrogens with zero attached hydrogens (tertiary/aromatic N) is 4. The maximum atomic E-state index is 14.3. The fraction of sp³-hybridized carbons (Fsp3) is 0. The highest BCUT2D eigenvalue weighted by atomic mass is 19.1. The summed E-state index contributed by atoms with van der Waals surface area (Å²) in [6.07, 6.45) is 0. The van der Waals surface area contributed by atoms with Crippen molar-refractivity contribution in [1.82, 2.24) is 19.9 Å². The Labute approximate surface area is 272 Å². The molecule has 0 aliphatic carbocycles. The van der Waals surface area contributed by atoms with E-state index in [4.69, 9.17) is 19.9 Å². The Kier molecular flexibility index (Phi) is 7.18. The van der Waals surface area contributed by atoms with E-state index < -0.39 is 23.3 Å². The molecular weight excluding hydrogens is 612 g/mol. The number of fused-ring (bicyclic) bond motifs is 2. The van der Waals surface area contributed by atoms with Crippen LogP contribution in [0.4, 0.5) is 17.6 Å². The Morgan fingerprint density at radius 1 is 0.271 bits per heavy atom. The van der Waals surface area contributed by atoms with Crippen molar-refractivity contribution in [3.63, 3.8) is 0 Å². The SMILES string of the molecule is Fc1cccc(-c2nc3ccc(-c4ccc5nc(-c6cccc(F)c6)c(-c6cccc(F)c6)nc5c4)cc3nc2-c2cccc(F)c2)c1. The molecule has 8 heteroatoms. The van der Waals surface area contributed by atoms with Gasteiger partial charge in [-0.3, -0.25) is 0 Å². The molecular formula is C40H22F4N4. The second kappa shape index (κ2) is 11.8. The van der Waals surface area contributed by atoms with Crippen LogP contribution in [0.15, 0.2) is 133 Å². The molecule has 4 nitrogen and oxygen atoms in total. The molecule has 230 valence electrons. The summed E-state index contributed by atoms with van der Waals surface area (Å²) in [6.45, 7) is 0. The van der Waals surface area contributed by atoms with Crippen LogP contribution in [-0.4, -0.2) is 19.9 Å². The molecule has 2 heterocycles. The highest BCUT2D eigenvalue weighted by Gasteiger charge is 2.17. The predicted octanol–water partition coefficient (Wildman–Crippen LogP) is 10.5. The topological polar surface area (TPSA) is 51.6 Å². The third kappa shape index (κ3) is 5.54. The molecule has 0 unspecified atom stereocenters. The first-order valence-electron chi connectivity index (χ1n) is 15.1. The zero-order valence-corrected chi connectivity index (χ0v) is 25.0. The summed E-state index contributed by atoms with van der Waals surface area (Å²) >= 11 is 0. The fourth-order valence-electron chi connectivity index (χ4n) is 5.82. The number of halogens is 4. The second-order valence-electron chi connectivity index (χ2n) is 11.3. The minimum Gasteiger partial charge on any atom is -0.244 e. The van der Waals surface area contributed by atoms with Gasteiger partial charge in [0.2, 0.25) is 0 Å². The van der Waals surface area contributed by atoms with Gasteiger partial charge in [0.25, 0.3) is 0 Å². The van der Waals surface area contributed by atoms with E-state index in [0.717, 1.165) is 11.1 Å². The molecule has 0 saturated heterocycles. The van der Waals surface area contributed by atoms with Gasteiger partial charge in [0, 0.05) is 22.3 Å². The summed E-state index contributed by atoms with van der Waals surface area (Å²) in [5, 5.41) is 0. The lowest BCUT2D eigenvalue weighted by atomic mass is 10.0. The van der Waals surface area contributed by atoms with Crippen LogP contribution in [0, 0.1) is 23.3 Å². The molecule has 0 N–H and O–H groups in total. The number of aromatic nitrogens is 4. The number of hydrogen-bond donors (Lipinski definition) is 0. The molecule has 0 amide bonds.